The van der Waals surface area contributed by atoms with Crippen LogP contribution < -0.4 is 9.62 Å². The third kappa shape index (κ3) is 7.89. The number of hydrogen-bond donors (Lipinski definition) is 1. The molecule has 3 aromatic carbocycles. The first-order valence-corrected chi connectivity index (χ1v) is 14.6. The van der Waals surface area contributed by atoms with Gasteiger partial charge >= 0.3 is 0 Å². The molecule has 0 spiro atoms. The summed E-state index contributed by atoms with van der Waals surface area (Å²) in [5.41, 5.74) is 2.01. The van der Waals surface area contributed by atoms with E-state index in [1.807, 2.05) is 45.0 Å². The average molecular weight is 554 g/mol. The lowest BCUT2D eigenvalue weighted by Gasteiger charge is -2.33. The second-order valence-electron chi connectivity index (χ2n) is 9.38. The van der Waals surface area contributed by atoms with E-state index in [4.69, 9.17) is 0 Å². The molecule has 0 aliphatic heterocycles. The number of halogens is 1. The van der Waals surface area contributed by atoms with Crippen LogP contribution in [0.3, 0.4) is 0 Å². The van der Waals surface area contributed by atoms with E-state index in [1.54, 1.807) is 18.2 Å². The van der Waals surface area contributed by atoms with Crippen molar-refractivity contribution in [1.82, 2.24) is 10.2 Å². The first-order chi connectivity index (χ1) is 18.7. The summed E-state index contributed by atoms with van der Waals surface area (Å²) < 4.78 is 42.1. The van der Waals surface area contributed by atoms with Gasteiger partial charge in [0.05, 0.1) is 10.6 Å². The summed E-state index contributed by atoms with van der Waals surface area (Å²) in [5.74, 6) is -1.36. The fourth-order valence-corrected chi connectivity index (χ4v) is 5.61. The van der Waals surface area contributed by atoms with Gasteiger partial charge in [0.25, 0.3) is 10.0 Å². The smallest absolute Gasteiger partial charge is 0.264 e. The maximum absolute atomic E-state index is 13.9. The molecule has 7 nitrogen and oxygen atoms in total. The van der Waals surface area contributed by atoms with E-state index in [0.29, 0.717) is 13.0 Å². The van der Waals surface area contributed by atoms with Gasteiger partial charge in [-0.15, -0.1) is 0 Å². The summed E-state index contributed by atoms with van der Waals surface area (Å²) in [6.45, 7) is 5.85. The largest absolute Gasteiger partial charge is 0.354 e. The quantitative estimate of drug-likeness (QED) is 0.300. The molecular formula is C30H36FN3O4S. The fraction of sp³-hybridized carbons (Fsp3) is 0.333. The molecule has 0 radical (unpaired) electrons. The number of aryl methyl sites for hydroxylation is 1. The highest BCUT2D eigenvalue weighted by atomic mass is 32.2. The number of carbonyl (C=O) groups excluding carboxylic acids is 2. The van der Waals surface area contributed by atoms with Crippen LogP contribution in [0, 0.1) is 12.7 Å². The van der Waals surface area contributed by atoms with Crippen molar-refractivity contribution in [2.45, 2.75) is 57.5 Å². The van der Waals surface area contributed by atoms with Crippen molar-refractivity contribution in [3.63, 3.8) is 0 Å². The van der Waals surface area contributed by atoms with Crippen molar-refractivity contribution in [2.75, 3.05) is 17.4 Å². The van der Waals surface area contributed by atoms with Gasteiger partial charge in [-0.05, 0) is 61.7 Å². The van der Waals surface area contributed by atoms with Crippen LogP contribution in [-0.4, -0.2) is 44.3 Å². The van der Waals surface area contributed by atoms with Crippen LogP contribution in [0.5, 0.6) is 0 Å². The second-order valence-corrected chi connectivity index (χ2v) is 11.2. The molecule has 0 aliphatic carbocycles. The molecule has 3 aromatic rings. The average Bonchev–Trinajstić information content (AvgIpc) is 2.93. The highest BCUT2D eigenvalue weighted by Gasteiger charge is 2.33. The summed E-state index contributed by atoms with van der Waals surface area (Å²) >= 11 is 0. The normalized spacial score (nSPS) is 12.0. The molecular weight excluding hydrogens is 517 g/mol. The Morgan fingerprint density at radius 1 is 0.923 bits per heavy atom. The van der Waals surface area contributed by atoms with E-state index in [-0.39, 0.29) is 23.0 Å². The van der Waals surface area contributed by atoms with Gasteiger partial charge in [0.15, 0.2) is 0 Å². The van der Waals surface area contributed by atoms with Gasteiger partial charge in [-0.3, -0.25) is 13.9 Å². The predicted molar refractivity (Wildman–Crippen MR) is 151 cm³/mol. The lowest BCUT2D eigenvalue weighted by atomic mass is 10.1. The van der Waals surface area contributed by atoms with E-state index < -0.39 is 34.3 Å². The lowest BCUT2D eigenvalue weighted by Crippen LogP contribution is -2.52. The zero-order valence-corrected chi connectivity index (χ0v) is 23.5. The number of sulfonamides is 1. The highest BCUT2D eigenvalue weighted by molar-refractivity contribution is 7.92. The first-order valence-electron chi connectivity index (χ1n) is 13.1. The predicted octanol–water partition coefficient (Wildman–Crippen LogP) is 5.05. The van der Waals surface area contributed by atoms with Gasteiger partial charge < -0.3 is 10.2 Å². The number of benzene rings is 3. The van der Waals surface area contributed by atoms with Gasteiger partial charge in [0.2, 0.25) is 11.8 Å². The summed E-state index contributed by atoms with van der Waals surface area (Å²) in [7, 11) is -4.18. The molecule has 0 bridgehead atoms. The number of unbranched alkanes of at least 4 members (excludes halogenated alkanes) is 1. The Morgan fingerprint density at radius 2 is 1.56 bits per heavy atom. The molecule has 9 heteroatoms. The van der Waals surface area contributed by atoms with Crippen molar-refractivity contribution in [3.8, 4) is 0 Å². The van der Waals surface area contributed by atoms with Gasteiger partial charge in [-0.2, -0.15) is 0 Å². The van der Waals surface area contributed by atoms with Gasteiger partial charge in [-0.25, -0.2) is 12.8 Å². The summed E-state index contributed by atoms with van der Waals surface area (Å²) in [5, 5.41) is 2.91. The van der Waals surface area contributed by atoms with E-state index in [9.17, 15) is 22.4 Å². The van der Waals surface area contributed by atoms with E-state index in [1.165, 1.54) is 29.2 Å². The van der Waals surface area contributed by atoms with Crippen LogP contribution in [0.1, 0.15) is 44.2 Å². The molecule has 0 aromatic heterocycles. The van der Waals surface area contributed by atoms with Crippen LogP contribution in [0.25, 0.3) is 0 Å². The summed E-state index contributed by atoms with van der Waals surface area (Å²) in [4.78, 5) is 28.5. The van der Waals surface area contributed by atoms with Crippen molar-refractivity contribution < 1.29 is 22.4 Å². The molecule has 208 valence electrons. The van der Waals surface area contributed by atoms with Crippen LogP contribution in [-0.2, 0) is 26.2 Å². The molecule has 0 aliphatic rings. The number of nitrogens with zero attached hydrogens (tertiary/aromatic N) is 2. The van der Waals surface area contributed by atoms with Gasteiger partial charge in [0.1, 0.15) is 18.4 Å². The van der Waals surface area contributed by atoms with E-state index in [2.05, 4.69) is 5.32 Å². The van der Waals surface area contributed by atoms with Crippen molar-refractivity contribution in [3.05, 3.63) is 95.8 Å². The molecule has 0 fully saturated rings. The van der Waals surface area contributed by atoms with Crippen molar-refractivity contribution in [1.29, 1.82) is 0 Å². The van der Waals surface area contributed by atoms with Gasteiger partial charge in [0, 0.05) is 13.1 Å². The third-order valence-corrected chi connectivity index (χ3v) is 8.20. The number of carbonyl (C=O) groups is 2. The van der Waals surface area contributed by atoms with Gasteiger partial charge in [-0.1, -0.05) is 68.3 Å². The zero-order chi connectivity index (χ0) is 28.4. The summed E-state index contributed by atoms with van der Waals surface area (Å²) in [6, 6.07) is 19.5. The van der Waals surface area contributed by atoms with Crippen LogP contribution >= 0.6 is 0 Å². The summed E-state index contributed by atoms with van der Waals surface area (Å²) in [6.07, 6.45) is 2.06. The molecule has 0 saturated carbocycles. The second kappa shape index (κ2) is 13.9. The highest BCUT2D eigenvalue weighted by Crippen LogP contribution is 2.25. The molecule has 1 N–H and O–H groups in total. The topological polar surface area (TPSA) is 86.8 Å². The lowest BCUT2D eigenvalue weighted by molar-refractivity contribution is -0.140. The van der Waals surface area contributed by atoms with Crippen molar-refractivity contribution in [2.24, 2.45) is 0 Å². The standard InChI is InChI=1S/C30H36FN3O4S/c1-4-6-20-32-30(36)28(5-2)33(21-24-14-12-23(3)13-15-24)29(35)22-34(26-18-16-25(31)17-19-26)39(37,38)27-10-8-7-9-11-27/h7-19,28H,4-6,20-22H2,1-3H3,(H,32,36). The Morgan fingerprint density at radius 3 is 2.15 bits per heavy atom. The number of rotatable bonds is 13. The SMILES string of the molecule is CCCCNC(=O)C(CC)N(Cc1ccc(C)cc1)C(=O)CN(c1ccc(F)cc1)S(=O)(=O)c1ccccc1. The van der Waals surface area contributed by atoms with E-state index in [0.717, 1.165) is 40.4 Å². The molecule has 0 heterocycles. The van der Waals surface area contributed by atoms with E-state index >= 15 is 0 Å². The Balaban J connectivity index is 2.01. The fourth-order valence-electron chi connectivity index (χ4n) is 4.17. The van der Waals surface area contributed by atoms with Crippen LogP contribution in [0.4, 0.5) is 10.1 Å². The minimum Gasteiger partial charge on any atom is -0.354 e. The Labute approximate surface area is 230 Å². The minimum absolute atomic E-state index is 0.00319. The molecule has 1 atom stereocenters. The van der Waals surface area contributed by atoms with Crippen LogP contribution in [0.2, 0.25) is 0 Å². The maximum atomic E-state index is 13.9. The zero-order valence-electron chi connectivity index (χ0n) is 22.6. The van der Waals surface area contributed by atoms with Crippen LogP contribution in [0.15, 0.2) is 83.8 Å². The number of hydrogen-bond acceptors (Lipinski definition) is 4. The Kier molecular flexibility index (Phi) is 10.6. The molecule has 39 heavy (non-hydrogen) atoms. The number of nitrogens with one attached hydrogen (secondary N) is 1. The number of amides is 2. The molecule has 2 amide bonds. The molecule has 1 unspecified atom stereocenters. The third-order valence-electron chi connectivity index (χ3n) is 6.41. The minimum atomic E-state index is -4.18. The number of anilines is 1. The monoisotopic (exact) mass is 553 g/mol. The maximum Gasteiger partial charge on any atom is 0.264 e. The first kappa shape index (κ1) is 29.8. The van der Waals surface area contributed by atoms with Crippen molar-refractivity contribution >= 4 is 27.5 Å². The molecule has 0 saturated heterocycles. The Bertz CT molecular complexity index is 1330. The molecule has 3 rings (SSSR count). The Hall–Kier alpha value is -3.72.